The quantitative estimate of drug-likeness (QED) is 0.684. The highest BCUT2D eigenvalue weighted by Gasteiger charge is 2.23. The minimum atomic E-state index is 0.709. The van der Waals surface area contributed by atoms with Gasteiger partial charge in [-0.1, -0.05) is 27.2 Å². The first-order chi connectivity index (χ1) is 7.80. The maximum atomic E-state index is 3.65. The van der Waals surface area contributed by atoms with Crippen molar-refractivity contribution in [3.05, 3.63) is 0 Å². The summed E-state index contributed by atoms with van der Waals surface area (Å²) in [5.74, 6) is 0.980. The van der Waals surface area contributed by atoms with Gasteiger partial charge in [-0.3, -0.25) is 0 Å². The second-order valence-corrected chi connectivity index (χ2v) is 5.26. The lowest BCUT2D eigenvalue weighted by atomic mass is 10.0. The molecule has 0 saturated carbocycles. The molecule has 2 heteroatoms. The van der Waals surface area contributed by atoms with E-state index in [4.69, 9.17) is 0 Å². The summed E-state index contributed by atoms with van der Waals surface area (Å²) in [6.45, 7) is 12.0. The molecule has 2 nitrogen and oxygen atoms in total. The average molecular weight is 226 g/mol. The van der Waals surface area contributed by atoms with Crippen LogP contribution >= 0.6 is 0 Å². The van der Waals surface area contributed by atoms with Crippen molar-refractivity contribution in [2.75, 3.05) is 26.2 Å². The van der Waals surface area contributed by atoms with E-state index in [1.165, 1.54) is 58.3 Å². The summed E-state index contributed by atoms with van der Waals surface area (Å²) in [4.78, 5) is 2.66. The number of likely N-dealkylation sites (tertiary alicyclic amines) is 1. The van der Waals surface area contributed by atoms with Crippen LogP contribution in [0, 0.1) is 5.92 Å². The Kier molecular flexibility index (Phi) is 7.06. The van der Waals surface area contributed by atoms with E-state index in [0.29, 0.717) is 6.04 Å². The van der Waals surface area contributed by atoms with Crippen molar-refractivity contribution >= 4 is 0 Å². The van der Waals surface area contributed by atoms with Crippen LogP contribution in [-0.2, 0) is 0 Å². The molecule has 2 atom stereocenters. The van der Waals surface area contributed by atoms with Gasteiger partial charge in [0.1, 0.15) is 0 Å². The molecule has 0 aromatic rings. The lowest BCUT2D eigenvalue weighted by Crippen LogP contribution is -2.40. The van der Waals surface area contributed by atoms with Crippen LogP contribution in [0.5, 0.6) is 0 Å². The van der Waals surface area contributed by atoms with Crippen LogP contribution in [-0.4, -0.2) is 37.1 Å². The summed E-state index contributed by atoms with van der Waals surface area (Å²) < 4.78 is 0. The lowest BCUT2D eigenvalue weighted by Gasteiger charge is -2.23. The van der Waals surface area contributed by atoms with Crippen LogP contribution in [0.15, 0.2) is 0 Å². The van der Waals surface area contributed by atoms with E-state index in [1.807, 2.05) is 0 Å². The van der Waals surface area contributed by atoms with Gasteiger partial charge in [-0.2, -0.15) is 0 Å². The van der Waals surface area contributed by atoms with Gasteiger partial charge in [0.05, 0.1) is 0 Å². The van der Waals surface area contributed by atoms with E-state index in [1.54, 1.807) is 0 Å². The number of nitrogens with one attached hydrogen (secondary N) is 1. The molecule has 0 bridgehead atoms. The summed E-state index contributed by atoms with van der Waals surface area (Å²) in [6, 6.07) is 0.709. The molecule has 0 aromatic carbocycles. The van der Waals surface area contributed by atoms with E-state index in [-0.39, 0.29) is 0 Å². The van der Waals surface area contributed by atoms with Crippen LogP contribution in [0.3, 0.4) is 0 Å². The summed E-state index contributed by atoms with van der Waals surface area (Å²) in [5, 5.41) is 3.65. The predicted octanol–water partition coefficient (Wildman–Crippen LogP) is 2.89. The smallest absolute Gasteiger partial charge is 0.0192 e. The van der Waals surface area contributed by atoms with Gasteiger partial charge in [0.15, 0.2) is 0 Å². The van der Waals surface area contributed by atoms with Crippen LogP contribution in [0.2, 0.25) is 0 Å². The van der Waals surface area contributed by atoms with Crippen molar-refractivity contribution in [3.63, 3.8) is 0 Å². The summed E-state index contributed by atoms with van der Waals surface area (Å²) in [7, 11) is 0. The topological polar surface area (TPSA) is 15.3 Å². The Bertz CT molecular complexity index is 170. The highest BCUT2D eigenvalue weighted by atomic mass is 15.2. The summed E-state index contributed by atoms with van der Waals surface area (Å²) in [6.07, 6.45) is 6.71. The van der Waals surface area contributed by atoms with E-state index in [2.05, 4.69) is 31.0 Å². The highest BCUT2D eigenvalue weighted by Crippen LogP contribution is 2.20. The summed E-state index contributed by atoms with van der Waals surface area (Å²) >= 11 is 0. The molecule has 1 fully saturated rings. The molecule has 0 amide bonds. The zero-order valence-electron chi connectivity index (χ0n) is 11.5. The van der Waals surface area contributed by atoms with Gasteiger partial charge >= 0.3 is 0 Å². The fourth-order valence-corrected chi connectivity index (χ4v) is 2.72. The monoisotopic (exact) mass is 226 g/mol. The third kappa shape index (κ3) is 4.84. The Balaban J connectivity index is 2.20. The van der Waals surface area contributed by atoms with Crippen LogP contribution in [0.25, 0.3) is 0 Å². The van der Waals surface area contributed by atoms with Gasteiger partial charge in [0.2, 0.25) is 0 Å². The van der Waals surface area contributed by atoms with Crippen molar-refractivity contribution in [2.24, 2.45) is 5.92 Å². The van der Waals surface area contributed by atoms with Crippen molar-refractivity contribution in [2.45, 2.75) is 58.9 Å². The van der Waals surface area contributed by atoms with E-state index < -0.39 is 0 Å². The molecule has 0 aromatic heterocycles. The molecule has 16 heavy (non-hydrogen) atoms. The number of nitrogens with zero attached hydrogens (tertiary/aromatic N) is 1. The van der Waals surface area contributed by atoms with Gasteiger partial charge in [-0.25, -0.2) is 0 Å². The molecule has 1 heterocycles. The lowest BCUT2D eigenvalue weighted by molar-refractivity contribution is 0.274. The van der Waals surface area contributed by atoms with Crippen LogP contribution < -0.4 is 5.32 Å². The third-order valence-electron chi connectivity index (χ3n) is 3.72. The molecular formula is C14H30N2. The molecule has 1 aliphatic heterocycles. The molecule has 0 spiro atoms. The number of hydrogen-bond donors (Lipinski definition) is 1. The van der Waals surface area contributed by atoms with E-state index >= 15 is 0 Å². The molecule has 1 rings (SSSR count). The molecule has 0 radical (unpaired) electrons. The molecule has 2 unspecified atom stereocenters. The average Bonchev–Trinajstić information content (AvgIpc) is 2.72. The Morgan fingerprint density at radius 2 is 2.06 bits per heavy atom. The summed E-state index contributed by atoms with van der Waals surface area (Å²) in [5.41, 5.74) is 0. The number of hydrogen-bond acceptors (Lipinski definition) is 2. The highest BCUT2D eigenvalue weighted by molar-refractivity contribution is 4.79. The zero-order valence-corrected chi connectivity index (χ0v) is 11.5. The van der Waals surface area contributed by atoms with E-state index in [9.17, 15) is 0 Å². The SMILES string of the molecule is CCCNC(CC)CN1CCC(CCC)C1. The molecule has 1 aliphatic rings. The van der Waals surface area contributed by atoms with Gasteiger partial charge in [-0.05, 0) is 44.7 Å². The zero-order chi connectivity index (χ0) is 11.8. The van der Waals surface area contributed by atoms with Crippen LogP contribution in [0.1, 0.15) is 52.9 Å². The first-order valence-electron chi connectivity index (χ1n) is 7.25. The minimum Gasteiger partial charge on any atom is -0.313 e. The second-order valence-electron chi connectivity index (χ2n) is 5.26. The Hall–Kier alpha value is -0.0800. The Morgan fingerprint density at radius 3 is 2.69 bits per heavy atom. The van der Waals surface area contributed by atoms with Crippen molar-refractivity contribution in [3.8, 4) is 0 Å². The maximum absolute atomic E-state index is 3.65. The Morgan fingerprint density at radius 1 is 1.25 bits per heavy atom. The first kappa shape index (κ1) is 14.0. The normalized spacial score (nSPS) is 23.8. The fraction of sp³-hybridized carbons (Fsp3) is 1.00. The van der Waals surface area contributed by atoms with Gasteiger partial charge in [0.25, 0.3) is 0 Å². The largest absolute Gasteiger partial charge is 0.313 e. The van der Waals surface area contributed by atoms with Gasteiger partial charge < -0.3 is 10.2 Å². The molecule has 96 valence electrons. The third-order valence-corrected chi connectivity index (χ3v) is 3.72. The van der Waals surface area contributed by atoms with Crippen molar-refractivity contribution in [1.29, 1.82) is 0 Å². The molecule has 0 aliphatic carbocycles. The second kappa shape index (κ2) is 8.08. The van der Waals surface area contributed by atoms with Gasteiger partial charge in [0, 0.05) is 19.1 Å². The standard InChI is InChI=1S/C14H30N2/c1-4-7-13-8-10-16(11-13)12-14(6-3)15-9-5-2/h13-15H,4-12H2,1-3H3. The van der Waals surface area contributed by atoms with E-state index in [0.717, 1.165) is 5.92 Å². The first-order valence-corrected chi connectivity index (χ1v) is 7.25. The van der Waals surface area contributed by atoms with Crippen LogP contribution in [0.4, 0.5) is 0 Å². The molecule has 1 N–H and O–H groups in total. The maximum Gasteiger partial charge on any atom is 0.0192 e. The fourth-order valence-electron chi connectivity index (χ4n) is 2.72. The predicted molar refractivity (Wildman–Crippen MR) is 71.8 cm³/mol. The Labute approximate surface area is 102 Å². The van der Waals surface area contributed by atoms with Crippen molar-refractivity contribution < 1.29 is 0 Å². The molecule has 1 saturated heterocycles. The van der Waals surface area contributed by atoms with Crippen molar-refractivity contribution in [1.82, 2.24) is 10.2 Å². The van der Waals surface area contributed by atoms with Gasteiger partial charge in [-0.15, -0.1) is 0 Å². The minimum absolute atomic E-state index is 0.709. The molecular weight excluding hydrogens is 196 g/mol. The number of rotatable bonds is 8.